The van der Waals surface area contributed by atoms with Crippen molar-refractivity contribution in [1.82, 2.24) is 0 Å². The Hall–Kier alpha value is -1.96. The summed E-state index contributed by atoms with van der Waals surface area (Å²) in [5, 5.41) is 11.2. The Morgan fingerprint density at radius 3 is 1.83 bits per heavy atom. The molecule has 0 saturated carbocycles. The number of aryl methyl sites for hydroxylation is 2. The van der Waals surface area contributed by atoms with Crippen LogP contribution in [0.5, 0.6) is 11.5 Å². The number of hydrogen-bond acceptors (Lipinski definition) is 2. The average molecular weight is 411 g/mol. The molecule has 0 aliphatic rings. The zero-order chi connectivity index (χ0) is 22.9. The number of hydrogen-bond donors (Lipinski definition) is 1. The third-order valence-electron chi connectivity index (χ3n) is 5.84. The van der Waals surface area contributed by atoms with Gasteiger partial charge >= 0.3 is 0 Å². The molecule has 0 aromatic heterocycles. The molecule has 2 aromatic rings. The molecule has 0 saturated heterocycles. The normalized spacial score (nSPS) is 13.4. The second kappa shape index (κ2) is 9.04. The van der Waals surface area contributed by atoms with Crippen molar-refractivity contribution in [3.8, 4) is 11.5 Å². The third kappa shape index (κ3) is 5.39. The molecule has 1 N–H and O–H groups in total. The van der Waals surface area contributed by atoms with Crippen LogP contribution in [-0.4, -0.2) is 11.7 Å². The van der Waals surface area contributed by atoms with Gasteiger partial charge < -0.3 is 9.84 Å². The fourth-order valence-corrected chi connectivity index (χ4v) is 4.04. The molecule has 0 fully saturated rings. The number of rotatable bonds is 6. The van der Waals surface area contributed by atoms with Crippen LogP contribution in [0.25, 0.3) is 0 Å². The van der Waals surface area contributed by atoms with Gasteiger partial charge in [0.1, 0.15) is 11.5 Å². The molecule has 0 amide bonds. The van der Waals surface area contributed by atoms with Gasteiger partial charge in [-0.25, -0.2) is 0 Å². The maximum Gasteiger partial charge on any atom is 0.126 e. The monoisotopic (exact) mass is 410 g/mol. The highest BCUT2D eigenvalue weighted by molar-refractivity contribution is 5.56. The SMILES string of the molecule is CCCCOc1c(C(C)c2cc(C)cc(C(C)(C)C)c2O)cc(C)cc1C(C)(C)C. The molecular formula is C28H42O2. The van der Waals surface area contributed by atoms with E-state index in [2.05, 4.69) is 93.5 Å². The lowest BCUT2D eigenvalue weighted by Crippen LogP contribution is -2.17. The van der Waals surface area contributed by atoms with E-state index in [0.717, 1.165) is 41.9 Å². The first kappa shape index (κ1) is 24.3. The van der Waals surface area contributed by atoms with Crippen LogP contribution in [0.3, 0.4) is 0 Å². The van der Waals surface area contributed by atoms with E-state index in [1.54, 1.807) is 0 Å². The van der Waals surface area contributed by atoms with Gasteiger partial charge in [-0.3, -0.25) is 0 Å². The molecule has 0 aliphatic carbocycles. The molecule has 0 aliphatic heterocycles. The fraction of sp³-hybridized carbons (Fsp3) is 0.571. The maximum absolute atomic E-state index is 11.2. The van der Waals surface area contributed by atoms with E-state index in [1.807, 2.05) is 0 Å². The smallest absolute Gasteiger partial charge is 0.126 e. The first-order valence-corrected chi connectivity index (χ1v) is 11.4. The van der Waals surface area contributed by atoms with Crippen LogP contribution in [0, 0.1) is 13.8 Å². The van der Waals surface area contributed by atoms with Crippen LogP contribution in [0.15, 0.2) is 24.3 Å². The highest BCUT2D eigenvalue weighted by Crippen LogP contribution is 2.44. The van der Waals surface area contributed by atoms with Crippen LogP contribution in [-0.2, 0) is 10.8 Å². The summed E-state index contributed by atoms with van der Waals surface area (Å²) in [4.78, 5) is 0. The first-order chi connectivity index (χ1) is 13.8. The molecule has 1 atom stereocenters. The Kier molecular flexibility index (Phi) is 7.32. The lowest BCUT2D eigenvalue weighted by molar-refractivity contribution is 0.297. The largest absolute Gasteiger partial charge is 0.507 e. The van der Waals surface area contributed by atoms with Gasteiger partial charge in [0, 0.05) is 22.6 Å². The zero-order valence-electron chi connectivity index (χ0n) is 20.9. The minimum atomic E-state index is -0.117. The van der Waals surface area contributed by atoms with Gasteiger partial charge in [-0.05, 0) is 36.7 Å². The first-order valence-electron chi connectivity index (χ1n) is 11.4. The van der Waals surface area contributed by atoms with Gasteiger partial charge in [-0.1, -0.05) is 97.2 Å². The quantitative estimate of drug-likeness (QED) is 0.490. The molecular weight excluding hydrogens is 368 g/mol. The van der Waals surface area contributed by atoms with Gasteiger partial charge in [-0.15, -0.1) is 0 Å². The predicted molar refractivity (Wildman–Crippen MR) is 129 cm³/mol. The van der Waals surface area contributed by atoms with Crippen LogP contribution in [0.2, 0.25) is 0 Å². The van der Waals surface area contributed by atoms with E-state index in [9.17, 15) is 5.11 Å². The van der Waals surface area contributed by atoms with Crippen molar-refractivity contribution in [1.29, 1.82) is 0 Å². The summed E-state index contributed by atoms with van der Waals surface area (Å²) in [6, 6.07) is 8.74. The van der Waals surface area contributed by atoms with E-state index in [1.165, 1.54) is 16.7 Å². The third-order valence-corrected chi connectivity index (χ3v) is 5.84. The molecule has 0 spiro atoms. The minimum absolute atomic E-state index is 0.0206. The fourth-order valence-electron chi connectivity index (χ4n) is 4.04. The van der Waals surface area contributed by atoms with Crippen LogP contribution < -0.4 is 4.74 Å². The summed E-state index contributed by atoms with van der Waals surface area (Å²) in [5.74, 6) is 1.44. The molecule has 2 aromatic carbocycles. The van der Waals surface area contributed by atoms with E-state index < -0.39 is 0 Å². The number of phenols is 1. The standard InChI is InChI=1S/C28H42O2/c1-11-12-13-30-26-22(15-19(3)17-24(26)28(8,9)10)20(4)21-14-18(2)16-23(25(21)29)27(5,6)7/h14-17,20,29H,11-13H2,1-10H3. The zero-order valence-corrected chi connectivity index (χ0v) is 20.9. The number of unbranched alkanes of at least 4 members (excludes halogenated alkanes) is 1. The Morgan fingerprint density at radius 2 is 1.33 bits per heavy atom. The summed E-state index contributed by atoms with van der Waals surface area (Å²) in [6.45, 7) is 22.5. The Morgan fingerprint density at radius 1 is 0.833 bits per heavy atom. The highest BCUT2D eigenvalue weighted by atomic mass is 16.5. The van der Waals surface area contributed by atoms with Crippen LogP contribution in [0.1, 0.15) is 108 Å². The minimum Gasteiger partial charge on any atom is -0.507 e. The van der Waals surface area contributed by atoms with Gasteiger partial charge in [-0.2, -0.15) is 0 Å². The molecule has 0 radical (unpaired) electrons. The molecule has 1 unspecified atom stereocenters. The van der Waals surface area contributed by atoms with Crippen molar-refractivity contribution in [3.05, 3.63) is 57.6 Å². The van der Waals surface area contributed by atoms with Crippen molar-refractivity contribution in [2.24, 2.45) is 0 Å². The molecule has 2 rings (SSSR count). The van der Waals surface area contributed by atoms with Crippen molar-refractivity contribution < 1.29 is 9.84 Å². The van der Waals surface area contributed by atoms with Crippen molar-refractivity contribution in [2.75, 3.05) is 6.61 Å². The predicted octanol–water partition coefficient (Wildman–Crippen LogP) is 7.93. The van der Waals surface area contributed by atoms with E-state index in [0.29, 0.717) is 5.75 Å². The Bertz CT molecular complexity index is 879. The Labute approximate surface area is 184 Å². The second-order valence-electron chi connectivity index (χ2n) is 10.9. The summed E-state index contributed by atoms with van der Waals surface area (Å²) >= 11 is 0. The second-order valence-corrected chi connectivity index (χ2v) is 10.9. The van der Waals surface area contributed by atoms with E-state index in [4.69, 9.17) is 4.74 Å². The summed E-state index contributed by atoms with van der Waals surface area (Å²) in [5.41, 5.74) is 6.65. The van der Waals surface area contributed by atoms with E-state index >= 15 is 0 Å². The van der Waals surface area contributed by atoms with Gasteiger partial charge in [0.15, 0.2) is 0 Å². The molecule has 166 valence electrons. The number of benzene rings is 2. The average Bonchev–Trinajstić information content (AvgIpc) is 2.61. The topological polar surface area (TPSA) is 29.5 Å². The van der Waals surface area contributed by atoms with E-state index in [-0.39, 0.29) is 16.7 Å². The molecule has 2 nitrogen and oxygen atoms in total. The Balaban J connectivity index is 2.71. The van der Waals surface area contributed by atoms with Gasteiger partial charge in [0.2, 0.25) is 0 Å². The summed E-state index contributed by atoms with van der Waals surface area (Å²) < 4.78 is 6.42. The van der Waals surface area contributed by atoms with Crippen LogP contribution >= 0.6 is 0 Å². The van der Waals surface area contributed by atoms with Crippen molar-refractivity contribution >= 4 is 0 Å². The van der Waals surface area contributed by atoms with Gasteiger partial charge in [0.05, 0.1) is 6.61 Å². The molecule has 0 bridgehead atoms. The van der Waals surface area contributed by atoms with Gasteiger partial charge in [0.25, 0.3) is 0 Å². The molecule has 0 heterocycles. The number of phenolic OH excluding ortho intramolecular Hbond substituents is 1. The number of ether oxygens (including phenoxy) is 1. The lowest BCUT2D eigenvalue weighted by atomic mass is 9.78. The highest BCUT2D eigenvalue weighted by Gasteiger charge is 2.28. The summed E-state index contributed by atoms with van der Waals surface area (Å²) in [6.07, 6.45) is 2.14. The van der Waals surface area contributed by atoms with Crippen molar-refractivity contribution in [2.45, 2.75) is 98.8 Å². The summed E-state index contributed by atoms with van der Waals surface area (Å²) in [7, 11) is 0. The molecule has 30 heavy (non-hydrogen) atoms. The van der Waals surface area contributed by atoms with Crippen molar-refractivity contribution in [3.63, 3.8) is 0 Å². The maximum atomic E-state index is 11.2. The van der Waals surface area contributed by atoms with Crippen LogP contribution in [0.4, 0.5) is 0 Å². The molecule has 2 heteroatoms. The number of aromatic hydroxyl groups is 1. The lowest BCUT2D eigenvalue weighted by Gasteiger charge is -2.29.